The van der Waals surface area contributed by atoms with Crippen molar-refractivity contribution in [2.45, 2.75) is 39.8 Å². The van der Waals surface area contributed by atoms with Gasteiger partial charge in [-0.25, -0.2) is 4.99 Å². The Bertz CT molecular complexity index is 575. The van der Waals surface area contributed by atoms with E-state index in [1.165, 1.54) is 0 Å². The maximum atomic E-state index is 12.2. The van der Waals surface area contributed by atoms with E-state index in [1.807, 2.05) is 45.0 Å². The molecule has 0 aliphatic rings. The van der Waals surface area contributed by atoms with Gasteiger partial charge >= 0.3 is 0 Å². The summed E-state index contributed by atoms with van der Waals surface area (Å²) in [5.74, 6) is 3.13. The summed E-state index contributed by atoms with van der Waals surface area (Å²) in [5, 5.41) is 9.12. The third-order valence-electron chi connectivity index (χ3n) is 3.30. The zero-order valence-electron chi connectivity index (χ0n) is 14.1. The molecule has 124 valence electrons. The number of rotatable bonds is 7. The minimum Gasteiger partial charge on any atom is -0.357 e. The molecule has 1 aromatic carbocycles. The summed E-state index contributed by atoms with van der Waals surface area (Å²) >= 11 is 0. The van der Waals surface area contributed by atoms with Crippen LogP contribution >= 0.6 is 0 Å². The number of hydrogen-bond donors (Lipinski definition) is 3. The third kappa shape index (κ3) is 6.88. The molecule has 0 aliphatic carbocycles. The fourth-order valence-corrected chi connectivity index (χ4v) is 1.87. The van der Waals surface area contributed by atoms with Crippen molar-refractivity contribution >= 4 is 11.9 Å². The van der Waals surface area contributed by atoms with E-state index in [9.17, 15) is 4.79 Å². The van der Waals surface area contributed by atoms with Crippen LogP contribution < -0.4 is 16.0 Å². The molecule has 1 aromatic rings. The lowest BCUT2D eigenvalue weighted by Gasteiger charge is -2.12. The quantitative estimate of drug-likeness (QED) is 0.409. The van der Waals surface area contributed by atoms with E-state index in [4.69, 9.17) is 6.42 Å². The summed E-state index contributed by atoms with van der Waals surface area (Å²) in [7, 11) is 0. The summed E-state index contributed by atoms with van der Waals surface area (Å²) < 4.78 is 0. The predicted molar refractivity (Wildman–Crippen MR) is 95.3 cm³/mol. The Kier molecular flexibility index (Phi) is 8.30. The highest BCUT2D eigenvalue weighted by Gasteiger charge is 2.08. The van der Waals surface area contributed by atoms with E-state index in [-0.39, 0.29) is 11.9 Å². The van der Waals surface area contributed by atoms with Crippen LogP contribution in [0.1, 0.15) is 43.1 Å². The lowest BCUT2D eigenvalue weighted by Crippen LogP contribution is -2.37. The molecule has 23 heavy (non-hydrogen) atoms. The first-order valence-electron chi connectivity index (χ1n) is 7.96. The van der Waals surface area contributed by atoms with Crippen molar-refractivity contribution in [3.8, 4) is 12.3 Å². The van der Waals surface area contributed by atoms with Crippen LogP contribution in [0.15, 0.2) is 29.3 Å². The molecule has 1 atom stereocenters. The fraction of sp³-hybridized carbons (Fsp3) is 0.444. The number of amides is 1. The second-order valence-electron chi connectivity index (χ2n) is 5.24. The fourth-order valence-electron chi connectivity index (χ4n) is 1.87. The summed E-state index contributed by atoms with van der Waals surface area (Å²) in [6.07, 6.45) is 6.15. The molecule has 5 heteroatoms. The van der Waals surface area contributed by atoms with Crippen LogP contribution in [0.2, 0.25) is 0 Å². The number of aliphatic imine (C=N–C) groups is 1. The minimum atomic E-state index is -0.0532. The van der Waals surface area contributed by atoms with Crippen LogP contribution in [0.25, 0.3) is 0 Å². The number of terminal acetylenes is 1. The van der Waals surface area contributed by atoms with E-state index in [1.54, 1.807) is 0 Å². The highest BCUT2D eigenvalue weighted by atomic mass is 16.1. The molecule has 5 nitrogen and oxygen atoms in total. The summed E-state index contributed by atoms with van der Waals surface area (Å²) in [6, 6.07) is 7.67. The van der Waals surface area contributed by atoms with Gasteiger partial charge in [-0.3, -0.25) is 4.79 Å². The van der Waals surface area contributed by atoms with Crippen LogP contribution in [-0.2, 0) is 6.54 Å². The van der Waals surface area contributed by atoms with E-state index in [2.05, 4.69) is 26.9 Å². The van der Waals surface area contributed by atoms with Gasteiger partial charge in [-0.1, -0.05) is 25.0 Å². The number of nitrogens with one attached hydrogen (secondary N) is 3. The zero-order valence-corrected chi connectivity index (χ0v) is 14.1. The number of nitrogens with zero attached hydrogens (tertiary/aromatic N) is 1. The first-order chi connectivity index (χ1) is 11.1. The molecule has 0 aliphatic heterocycles. The smallest absolute Gasteiger partial charge is 0.251 e. The van der Waals surface area contributed by atoms with Crippen molar-refractivity contribution in [2.75, 3.05) is 13.1 Å². The van der Waals surface area contributed by atoms with Crippen LogP contribution in [0.5, 0.6) is 0 Å². The SMILES string of the molecule is C#CCNC(=NCc1cccc(C(=O)NC(C)CC)c1)NCC. The van der Waals surface area contributed by atoms with Crippen molar-refractivity contribution in [2.24, 2.45) is 4.99 Å². The van der Waals surface area contributed by atoms with E-state index >= 15 is 0 Å². The average Bonchev–Trinajstić information content (AvgIpc) is 2.57. The highest BCUT2D eigenvalue weighted by Crippen LogP contribution is 2.07. The standard InChI is InChI=1S/C18H26N4O/c1-5-11-20-18(19-7-3)21-13-15-9-8-10-16(12-15)17(23)22-14(4)6-2/h1,8-10,12,14H,6-7,11,13H2,2-4H3,(H,22,23)(H2,19,20,21). The van der Waals surface area contributed by atoms with Crippen LogP contribution in [0.4, 0.5) is 0 Å². The highest BCUT2D eigenvalue weighted by molar-refractivity contribution is 5.94. The zero-order chi connectivity index (χ0) is 17.1. The molecule has 0 bridgehead atoms. The summed E-state index contributed by atoms with van der Waals surface area (Å²) in [6.45, 7) is 7.68. The lowest BCUT2D eigenvalue weighted by atomic mass is 10.1. The largest absolute Gasteiger partial charge is 0.357 e. The molecule has 1 amide bonds. The van der Waals surface area contributed by atoms with Gasteiger partial charge in [0.05, 0.1) is 13.1 Å². The van der Waals surface area contributed by atoms with Gasteiger partial charge in [0.2, 0.25) is 0 Å². The number of guanidine groups is 1. The van der Waals surface area contributed by atoms with Gasteiger partial charge in [-0.05, 0) is 38.0 Å². The van der Waals surface area contributed by atoms with Gasteiger partial charge < -0.3 is 16.0 Å². The number of carbonyl (C=O) groups is 1. The van der Waals surface area contributed by atoms with E-state index in [0.29, 0.717) is 24.6 Å². The first kappa shape index (κ1) is 18.6. The van der Waals surface area contributed by atoms with E-state index < -0.39 is 0 Å². The van der Waals surface area contributed by atoms with Crippen LogP contribution in [0.3, 0.4) is 0 Å². The van der Waals surface area contributed by atoms with E-state index in [0.717, 1.165) is 18.5 Å². The topological polar surface area (TPSA) is 65.5 Å². The van der Waals surface area contributed by atoms with Crippen molar-refractivity contribution in [3.05, 3.63) is 35.4 Å². The van der Waals surface area contributed by atoms with Gasteiger partial charge in [0, 0.05) is 18.2 Å². The molecular weight excluding hydrogens is 288 g/mol. The van der Waals surface area contributed by atoms with Gasteiger partial charge in [0.1, 0.15) is 0 Å². The van der Waals surface area contributed by atoms with Crippen LogP contribution in [-0.4, -0.2) is 31.0 Å². The summed E-state index contributed by atoms with van der Waals surface area (Å²) in [5.41, 5.74) is 1.62. The second kappa shape index (κ2) is 10.3. The number of carbonyl (C=O) groups excluding carboxylic acids is 1. The molecule has 0 aromatic heterocycles. The first-order valence-corrected chi connectivity index (χ1v) is 7.96. The van der Waals surface area contributed by atoms with Crippen LogP contribution in [0, 0.1) is 12.3 Å². The third-order valence-corrected chi connectivity index (χ3v) is 3.30. The predicted octanol–water partition coefficient (Wildman–Crippen LogP) is 1.90. The Labute approximate surface area is 139 Å². The molecule has 1 unspecified atom stereocenters. The molecule has 0 saturated carbocycles. The normalized spacial score (nSPS) is 12.2. The Hall–Kier alpha value is -2.48. The van der Waals surface area contributed by atoms with Gasteiger partial charge in [0.15, 0.2) is 5.96 Å². The van der Waals surface area contributed by atoms with Gasteiger partial charge in [-0.15, -0.1) is 6.42 Å². The molecule has 0 saturated heterocycles. The minimum absolute atomic E-state index is 0.0532. The maximum absolute atomic E-state index is 12.2. The Morgan fingerprint density at radius 3 is 2.78 bits per heavy atom. The Morgan fingerprint density at radius 1 is 1.35 bits per heavy atom. The molecule has 0 radical (unpaired) electrons. The molecule has 3 N–H and O–H groups in total. The Morgan fingerprint density at radius 2 is 2.13 bits per heavy atom. The van der Waals surface area contributed by atoms with Crippen molar-refractivity contribution < 1.29 is 4.79 Å². The maximum Gasteiger partial charge on any atom is 0.251 e. The molecule has 1 rings (SSSR count). The number of benzene rings is 1. The molecular formula is C18H26N4O. The molecule has 0 spiro atoms. The monoisotopic (exact) mass is 314 g/mol. The molecule has 0 heterocycles. The Balaban J connectivity index is 2.75. The second-order valence-corrected chi connectivity index (χ2v) is 5.24. The lowest BCUT2D eigenvalue weighted by molar-refractivity contribution is 0.0939. The number of hydrogen-bond acceptors (Lipinski definition) is 2. The average molecular weight is 314 g/mol. The van der Waals surface area contributed by atoms with Gasteiger partial charge in [0.25, 0.3) is 5.91 Å². The van der Waals surface area contributed by atoms with Crippen molar-refractivity contribution in [1.82, 2.24) is 16.0 Å². The van der Waals surface area contributed by atoms with Gasteiger partial charge in [-0.2, -0.15) is 0 Å². The molecule has 0 fully saturated rings. The van der Waals surface area contributed by atoms with Crippen molar-refractivity contribution in [1.29, 1.82) is 0 Å². The van der Waals surface area contributed by atoms with Crippen molar-refractivity contribution in [3.63, 3.8) is 0 Å². The summed E-state index contributed by atoms with van der Waals surface area (Å²) in [4.78, 5) is 16.6.